The van der Waals surface area contributed by atoms with Gasteiger partial charge < -0.3 is 14.4 Å². The molecular formula is C18H25NO5S. The average molecular weight is 367 g/mol. The van der Waals surface area contributed by atoms with Gasteiger partial charge in [-0.25, -0.2) is 4.79 Å². The molecule has 1 aromatic carbocycles. The number of rotatable bonds is 2. The Labute approximate surface area is 149 Å². The topological polar surface area (TPSA) is 79.2 Å². The van der Waals surface area contributed by atoms with E-state index >= 15 is 0 Å². The molecule has 2 N–H and O–H groups in total. The van der Waals surface area contributed by atoms with E-state index in [-0.39, 0.29) is 12.2 Å². The molecule has 6 nitrogen and oxygen atoms in total. The van der Waals surface area contributed by atoms with Gasteiger partial charge in [0.15, 0.2) is 0 Å². The number of hydrogen-bond acceptors (Lipinski definition) is 5. The number of piperidine rings is 1. The van der Waals surface area contributed by atoms with Gasteiger partial charge in [0, 0.05) is 36.9 Å². The summed E-state index contributed by atoms with van der Waals surface area (Å²) < 4.78 is 31.5. The van der Waals surface area contributed by atoms with Gasteiger partial charge in [-0.1, -0.05) is 6.07 Å². The molecule has 25 heavy (non-hydrogen) atoms. The number of likely N-dealkylation sites (tertiary alicyclic amines) is 1. The lowest BCUT2D eigenvalue weighted by atomic mass is 10.1. The van der Waals surface area contributed by atoms with Gasteiger partial charge in [-0.15, -0.1) is 10.6 Å². The van der Waals surface area contributed by atoms with Crippen LogP contribution in [0, 0.1) is 0 Å². The molecule has 1 fully saturated rings. The van der Waals surface area contributed by atoms with E-state index in [9.17, 15) is 13.9 Å². The van der Waals surface area contributed by atoms with Crippen LogP contribution < -0.4 is 4.74 Å². The predicted octanol–water partition coefficient (Wildman–Crippen LogP) is 4.56. The monoisotopic (exact) mass is 367 g/mol. The van der Waals surface area contributed by atoms with Crippen LogP contribution in [0.15, 0.2) is 28.5 Å². The second kappa shape index (κ2) is 6.55. The zero-order valence-electron chi connectivity index (χ0n) is 14.8. The van der Waals surface area contributed by atoms with Crippen molar-refractivity contribution in [3.63, 3.8) is 0 Å². The summed E-state index contributed by atoms with van der Waals surface area (Å²) in [5.74, 6) is 0.655. The number of nitrogens with zero attached hydrogens (tertiary/aromatic N) is 1. The lowest BCUT2D eigenvalue weighted by Crippen LogP contribution is -2.44. The molecule has 1 amide bonds. The molecule has 0 aromatic heterocycles. The molecule has 0 bridgehead atoms. The molecule has 2 aliphatic heterocycles. The molecule has 138 valence electrons. The summed E-state index contributed by atoms with van der Waals surface area (Å²) >= 11 is 0. The maximum absolute atomic E-state index is 12.1. The van der Waals surface area contributed by atoms with Crippen LogP contribution in [0.2, 0.25) is 0 Å². The van der Waals surface area contributed by atoms with Crippen LogP contribution in [0.4, 0.5) is 4.79 Å². The molecule has 0 atom stereocenters. The first-order valence-electron chi connectivity index (χ1n) is 8.40. The molecule has 0 saturated carbocycles. The summed E-state index contributed by atoms with van der Waals surface area (Å²) in [5.41, 5.74) is 0.238. The third kappa shape index (κ3) is 4.11. The van der Waals surface area contributed by atoms with Gasteiger partial charge in [0.1, 0.15) is 17.5 Å². The zero-order chi connectivity index (χ0) is 18.2. The van der Waals surface area contributed by atoms with E-state index in [4.69, 9.17) is 9.47 Å². The Balaban J connectivity index is 1.60. The van der Waals surface area contributed by atoms with Crippen LogP contribution in [0.1, 0.15) is 39.2 Å². The van der Waals surface area contributed by atoms with Gasteiger partial charge in [0.2, 0.25) is 0 Å². The quantitative estimate of drug-likeness (QED) is 0.801. The molecule has 2 aliphatic rings. The number of carbonyl (C=O) groups excluding carboxylic acids is 1. The molecule has 2 heterocycles. The van der Waals surface area contributed by atoms with E-state index in [1.165, 1.54) is 5.41 Å². The van der Waals surface area contributed by atoms with Crippen molar-refractivity contribution in [2.24, 2.45) is 0 Å². The first kappa shape index (κ1) is 18.1. The maximum atomic E-state index is 12.1. The molecular weight excluding hydrogens is 342 g/mol. The minimum Gasteiger partial charge on any atom is -0.490 e. The van der Waals surface area contributed by atoms with Crippen LogP contribution in [-0.4, -0.2) is 44.9 Å². The van der Waals surface area contributed by atoms with Crippen molar-refractivity contribution in [3.05, 3.63) is 29.2 Å². The summed E-state index contributed by atoms with van der Waals surface area (Å²) in [5, 5.41) is 1.43. The van der Waals surface area contributed by atoms with E-state index in [0.29, 0.717) is 36.6 Å². The third-order valence-electron chi connectivity index (χ3n) is 4.16. The summed E-state index contributed by atoms with van der Waals surface area (Å²) in [6, 6.07) is 5.32. The third-order valence-corrected chi connectivity index (χ3v) is 5.68. The summed E-state index contributed by atoms with van der Waals surface area (Å²) in [6.07, 6.45) is 2.83. The van der Waals surface area contributed by atoms with Gasteiger partial charge in [-0.2, -0.15) is 0 Å². The Bertz CT molecular complexity index is 687. The summed E-state index contributed by atoms with van der Waals surface area (Å²) in [7, 11) is -2.84. The number of benzene rings is 1. The molecule has 0 aliphatic carbocycles. The Morgan fingerprint density at radius 2 is 1.92 bits per heavy atom. The Kier molecular flexibility index (Phi) is 4.74. The van der Waals surface area contributed by atoms with E-state index in [0.717, 1.165) is 5.56 Å². The predicted molar refractivity (Wildman–Crippen MR) is 98.0 cm³/mol. The highest BCUT2D eigenvalue weighted by molar-refractivity contribution is 8.27. The van der Waals surface area contributed by atoms with Crippen LogP contribution in [0.25, 0.3) is 6.08 Å². The molecule has 0 radical (unpaired) electrons. The highest BCUT2D eigenvalue weighted by atomic mass is 32.3. The standard InChI is InChI=1S/C18H25NO5S/c1-18(2,3)24-17(20)19-10-7-13(8-11-19)23-15-5-4-6-16-14(15)9-12-25(16,21)22/h4-6,9,12-13,21-22H,7-8,10-11H2,1-3H3. The van der Waals surface area contributed by atoms with Crippen molar-refractivity contribution in [1.29, 1.82) is 0 Å². The van der Waals surface area contributed by atoms with Crippen LogP contribution >= 0.6 is 10.6 Å². The van der Waals surface area contributed by atoms with Crippen LogP contribution in [-0.2, 0) is 4.74 Å². The first-order valence-corrected chi connectivity index (χ1v) is 10.0. The lowest BCUT2D eigenvalue weighted by molar-refractivity contribution is 0.0126. The Hall–Kier alpha value is -1.70. The SMILES string of the molecule is CC(C)(C)OC(=O)N1CCC(Oc2cccc3c2C=CS3(O)O)CC1. The number of fused-ring (bicyclic) bond motifs is 1. The van der Waals surface area contributed by atoms with Gasteiger partial charge >= 0.3 is 6.09 Å². The van der Waals surface area contributed by atoms with Crippen molar-refractivity contribution in [2.45, 2.75) is 50.2 Å². The minimum absolute atomic E-state index is 0.0130. The second-order valence-electron chi connectivity index (χ2n) is 7.35. The number of hydrogen-bond donors (Lipinski definition) is 2. The van der Waals surface area contributed by atoms with Gasteiger partial charge in [-0.3, -0.25) is 9.11 Å². The number of ether oxygens (including phenoxy) is 2. The summed E-state index contributed by atoms with van der Waals surface area (Å²) in [4.78, 5) is 14.3. The highest BCUT2D eigenvalue weighted by Crippen LogP contribution is 2.57. The van der Waals surface area contributed by atoms with E-state index in [1.807, 2.05) is 26.8 Å². The van der Waals surface area contributed by atoms with E-state index < -0.39 is 16.2 Å². The second-order valence-corrected chi connectivity index (χ2v) is 9.25. The summed E-state index contributed by atoms with van der Waals surface area (Å²) in [6.45, 7) is 6.73. The fourth-order valence-electron chi connectivity index (χ4n) is 2.95. The van der Waals surface area contributed by atoms with Crippen molar-refractivity contribution in [3.8, 4) is 5.75 Å². The van der Waals surface area contributed by atoms with Gasteiger partial charge in [0.25, 0.3) is 0 Å². The average Bonchev–Trinajstić information content (AvgIpc) is 2.83. The van der Waals surface area contributed by atoms with Gasteiger partial charge in [-0.05, 0) is 39.0 Å². The van der Waals surface area contributed by atoms with E-state index in [1.54, 1.807) is 23.1 Å². The fraction of sp³-hybridized carbons (Fsp3) is 0.500. The van der Waals surface area contributed by atoms with Crippen LogP contribution in [0.3, 0.4) is 0 Å². The van der Waals surface area contributed by atoms with Crippen molar-refractivity contribution in [1.82, 2.24) is 4.90 Å². The molecule has 1 saturated heterocycles. The first-order chi connectivity index (χ1) is 11.7. The molecule has 0 spiro atoms. The zero-order valence-corrected chi connectivity index (χ0v) is 15.6. The van der Waals surface area contributed by atoms with Crippen molar-refractivity contribution in [2.75, 3.05) is 13.1 Å². The minimum atomic E-state index is -2.84. The number of carbonyl (C=O) groups is 1. The Morgan fingerprint density at radius 3 is 2.56 bits per heavy atom. The largest absolute Gasteiger partial charge is 0.490 e. The van der Waals surface area contributed by atoms with Crippen LogP contribution in [0.5, 0.6) is 5.75 Å². The highest BCUT2D eigenvalue weighted by Gasteiger charge is 2.29. The number of amides is 1. The molecule has 3 rings (SSSR count). The van der Waals surface area contributed by atoms with Crippen molar-refractivity contribution >= 4 is 22.8 Å². The van der Waals surface area contributed by atoms with Crippen molar-refractivity contribution < 1.29 is 23.4 Å². The molecule has 0 unspecified atom stereocenters. The maximum Gasteiger partial charge on any atom is 0.410 e. The fourth-order valence-corrected chi connectivity index (χ4v) is 4.19. The van der Waals surface area contributed by atoms with E-state index in [2.05, 4.69) is 0 Å². The normalized spacial score (nSPS) is 20.9. The smallest absolute Gasteiger partial charge is 0.410 e. The lowest BCUT2D eigenvalue weighted by Gasteiger charge is -2.34. The van der Waals surface area contributed by atoms with Gasteiger partial charge in [0.05, 0.1) is 4.90 Å². The molecule has 1 aromatic rings. The Morgan fingerprint density at radius 1 is 1.24 bits per heavy atom. The molecule has 7 heteroatoms.